The first-order valence-electron chi connectivity index (χ1n) is 5.09. The maximum absolute atomic E-state index is 11.2. The maximum atomic E-state index is 11.2. The highest BCUT2D eigenvalue weighted by molar-refractivity contribution is 6.28. The van der Waals surface area contributed by atoms with Crippen LogP contribution < -0.4 is 16.4 Å². The number of amides is 1. The van der Waals surface area contributed by atoms with Crippen molar-refractivity contribution in [1.82, 2.24) is 15.0 Å². The van der Waals surface area contributed by atoms with Gasteiger partial charge in [-0.2, -0.15) is 15.0 Å². The van der Waals surface area contributed by atoms with Crippen molar-refractivity contribution in [3.05, 3.63) is 5.28 Å². The molecule has 1 aromatic heterocycles. The Morgan fingerprint density at radius 1 is 1.29 bits per heavy atom. The smallest absolute Gasteiger partial charge is 0.240 e. The van der Waals surface area contributed by atoms with Gasteiger partial charge in [-0.25, -0.2) is 0 Å². The van der Waals surface area contributed by atoms with Gasteiger partial charge in [0.15, 0.2) is 0 Å². The van der Waals surface area contributed by atoms with E-state index in [1.165, 1.54) is 0 Å². The number of carbonyl (C=O) groups is 1. The molecule has 7 nitrogen and oxygen atoms in total. The number of nitrogens with two attached hydrogens (primary N) is 1. The average molecular weight is 259 g/mol. The SMILES string of the molecule is CNc1nc(Cl)nc(NC(C(N)=O)C(C)C)n1. The number of halogens is 1. The molecule has 0 radical (unpaired) electrons. The van der Waals surface area contributed by atoms with Crippen LogP contribution in [0.25, 0.3) is 0 Å². The highest BCUT2D eigenvalue weighted by atomic mass is 35.5. The zero-order valence-corrected chi connectivity index (χ0v) is 10.6. The Morgan fingerprint density at radius 2 is 1.88 bits per heavy atom. The van der Waals surface area contributed by atoms with Gasteiger partial charge in [0.2, 0.25) is 23.1 Å². The minimum atomic E-state index is -0.557. The summed E-state index contributed by atoms with van der Waals surface area (Å²) in [5.41, 5.74) is 5.27. The largest absolute Gasteiger partial charge is 0.368 e. The number of hydrogen-bond donors (Lipinski definition) is 3. The Hall–Kier alpha value is -1.63. The summed E-state index contributed by atoms with van der Waals surface area (Å²) in [6.45, 7) is 3.73. The van der Waals surface area contributed by atoms with E-state index in [9.17, 15) is 4.79 Å². The summed E-state index contributed by atoms with van der Waals surface area (Å²) in [6, 6.07) is -0.557. The lowest BCUT2D eigenvalue weighted by Crippen LogP contribution is -2.40. The fourth-order valence-corrected chi connectivity index (χ4v) is 1.39. The molecule has 1 aromatic rings. The van der Waals surface area contributed by atoms with Gasteiger partial charge in [0.1, 0.15) is 6.04 Å². The number of anilines is 2. The molecule has 1 unspecified atom stereocenters. The fourth-order valence-electron chi connectivity index (χ4n) is 1.23. The van der Waals surface area contributed by atoms with Crippen LogP contribution in [0.5, 0.6) is 0 Å². The Morgan fingerprint density at radius 3 is 2.35 bits per heavy atom. The molecule has 0 aliphatic carbocycles. The standard InChI is InChI=1S/C9H15ClN6O/c1-4(2)5(6(11)17)13-9-15-7(10)14-8(12-3)16-9/h4-5H,1-3H3,(H2,11,17)(H2,12,13,14,15,16). The van der Waals surface area contributed by atoms with Gasteiger partial charge >= 0.3 is 0 Å². The quantitative estimate of drug-likeness (QED) is 0.710. The van der Waals surface area contributed by atoms with Gasteiger partial charge in [0.05, 0.1) is 0 Å². The summed E-state index contributed by atoms with van der Waals surface area (Å²) in [6.07, 6.45) is 0. The second kappa shape index (κ2) is 5.62. The predicted molar refractivity (Wildman–Crippen MR) is 65.8 cm³/mol. The zero-order valence-electron chi connectivity index (χ0n) is 9.86. The molecule has 0 aliphatic rings. The van der Waals surface area contributed by atoms with Crippen molar-refractivity contribution in [2.75, 3.05) is 17.7 Å². The van der Waals surface area contributed by atoms with E-state index >= 15 is 0 Å². The molecule has 8 heteroatoms. The van der Waals surface area contributed by atoms with Gasteiger partial charge < -0.3 is 16.4 Å². The molecule has 0 saturated heterocycles. The molecule has 0 aliphatic heterocycles. The number of rotatable bonds is 5. The van der Waals surface area contributed by atoms with E-state index in [1.54, 1.807) is 7.05 Å². The van der Waals surface area contributed by atoms with E-state index in [1.807, 2.05) is 13.8 Å². The van der Waals surface area contributed by atoms with E-state index in [-0.39, 0.29) is 17.1 Å². The van der Waals surface area contributed by atoms with E-state index in [2.05, 4.69) is 25.6 Å². The van der Waals surface area contributed by atoms with Crippen molar-refractivity contribution in [2.45, 2.75) is 19.9 Å². The Balaban J connectivity index is 2.93. The average Bonchev–Trinajstić information content (AvgIpc) is 2.24. The summed E-state index contributed by atoms with van der Waals surface area (Å²) in [7, 11) is 1.66. The number of carbonyl (C=O) groups excluding carboxylic acids is 1. The van der Waals surface area contributed by atoms with E-state index in [0.717, 1.165) is 0 Å². The third-order valence-corrected chi connectivity index (χ3v) is 2.26. The molecule has 0 aromatic carbocycles. The number of aromatic nitrogens is 3. The molecule has 1 heterocycles. The molecule has 1 atom stereocenters. The molecule has 17 heavy (non-hydrogen) atoms. The molecule has 94 valence electrons. The topological polar surface area (TPSA) is 106 Å². The van der Waals surface area contributed by atoms with Crippen molar-refractivity contribution < 1.29 is 4.79 Å². The summed E-state index contributed by atoms with van der Waals surface area (Å²) in [5, 5.41) is 5.61. The Labute approximate surface area is 104 Å². The van der Waals surface area contributed by atoms with Gasteiger partial charge in [-0.3, -0.25) is 4.79 Å². The normalized spacial score (nSPS) is 12.3. The number of nitrogens with one attached hydrogen (secondary N) is 2. The van der Waals surface area contributed by atoms with E-state index in [4.69, 9.17) is 17.3 Å². The van der Waals surface area contributed by atoms with E-state index < -0.39 is 11.9 Å². The predicted octanol–water partition coefficient (Wildman–Crippen LogP) is 0.488. The highest BCUT2D eigenvalue weighted by Crippen LogP contribution is 2.12. The molecule has 0 fully saturated rings. The third kappa shape index (κ3) is 3.70. The van der Waals surface area contributed by atoms with Crippen LogP contribution in [0.15, 0.2) is 0 Å². The highest BCUT2D eigenvalue weighted by Gasteiger charge is 2.20. The van der Waals surface area contributed by atoms with Crippen molar-refractivity contribution in [1.29, 1.82) is 0 Å². The molecular weight excluding hydrogens is 244 g/mol. The number of nitrogens with zero attached hydrogens (tertiary/aromatic N) is 3. The van der Waals surface area contributed by atoms with Crippen molar-refractivity contribution in [3.8, 4) is 0 Å². The van der Waals surface area contributed by atoms with Crippen LogP contribution in [-0.4, -0.2) is 33.9 Å². The van der Waals surface area contributed by atoms with Crippen molar-refractivity contribution >= 4 is 29.4 Å². The minimum Gasteiger partial charge on any atom is -0.368 e. The molecule has 0 saturated carbocycles. The zero-order chi connectivity index (χ0) is 13.0. The maximum Gasteiger partial charge on any atom is 0.240 e. The molecule has 4 N–H and O–H groups in total. The minimum absolute atomic E-state index is 0.0149. The Bertz CT molecular complexity index is 410. The lowest BCUT2D eigenvalue weighted by molar-refractivity contribution is -0.119. The Kier molecular flexibility index (Phi) is 4.45. The lowest BCUT2D eigenvalue weighted by Gasteiger charge is -2.18. The molecule has 1 amide bonds. The fraction of sp³-hybridized carbons (Fsp3) is 0.556. The van der Waals surface area contributed by atoms with Gasteiger partial charge in [-0.15, -0.1) is 0 Å². The van der Waals surface area contributed by atoms with Crippen LogP contribution >= 0.6 is 11.6 Å². The summed E-state index contributed by atoms with van der Waals surface area (Å²) >= 11 is 5.71. The van der Waals surface area contributed by atoms with Gasteiger partial charge in [0.25, 0.3) is 0 Å². The van der Waals surface area contributed by atoms with Crippen LogP contribution in [0.4, 0.5) is 11.9 Å². The van der Waals surface area contributed by atoms with Gasteiger partial charge in [-0.05, 0) is 17.5 Å². The second-order valence-corrected chi connectivity index (χ2v) is 4.11. The number of hydrogen-bond acceptors (Lipinski definition) is 6. The van der Waals surface area contributed by atoms with Gasteiger partial charge in [0, 0.05) is 7.05 Å². The monoisotopic (exact) mass is 258 g/mol. The first-order valence-corrected chi connectivity index (χ1v) is 5.47. The van der Waals surface area contributed by atoms with Crippen LogP contribution in [0.2, 0.25) is 5.28 Å². The molecule has 1 rings (SSSR count). The molecule has 0 spiro atoms. The molecular formula is C9H15ClN6O. The summed E-state index contributed by atoms with van der Waals surface area (Å²) in [4.78, 5) is 22.9. The molecule has 0 bridgehead atoms. The van der Waals surface area contributed by atoms with E-state index in [0.29, 0.717) is 5.95 Å². The third-order valence-electron chi connectivity index (χ3n) is 2.09. The van der Waals surface area contributed by atoms with Crippen LogP contribution in [0.3, 0.4) is 0 Å². The first-order chi connectivity index (χ1) is 7.93. The second-order valence-electron chi connectivity index (χ2n) is 3.77. The van der Waals surface area contributed by atoms with Gasteiger partial charge in [-0.1, -0.05) is 13.8 Å². The van der Waals surface area contributed by atoms with Crippen LogP contribution in [-0.2, 0) is 4.79 Å². The summed E-state index contributed by atoms with van der Waals surface area (Å²) < 4.78 is 0. The van der Waals surface area contributed by atoms with Crippen LogP contribution in [0.1, 0.15) is 13.8 Å². The van der Waals surface area contributed by atoms with Crippen LogP contribution in [0, 0.1) is 5.92 Å². The summed E-state index contributed by atoms with van der Waals surface area (Å²) in [5.74, 6) is 0.0787. The number of primary amides is 1. The first kappa shape index (κ1) is 13.4. The van der Waals surface area contributed by atoms with Crippen molar-refractivity contribution in [2.24, 2.45) is 11.7 Å². The van der Waals surface area contributed by atoms with Crippen molar-refractivity contribution in [3.63, 3.8) is 0 Å². The lowest BCUT2D eigenvalue weighted by atomic mass is 10.0.